The van der Waals surface area contributed by atoms with E-state index in [0.717, 1.165) is 23.4 Å². The largest absolute Gasteiger partial charge is 0.343 e. The van der Waals surface area contributed by atoms with Gasteiger partial charge in [0.15, 0.2) is 0 Å². The summed E-state index contributed by atoms with van der Waals surface area (Å²) in [5.74, 6) is 0.777. The fourth-order valence-electron chi connectivity index (χ4n) is 2.45. The number of hydrogen-bond acceptors (Lipinski definition) is 4. The van der Waals surface area contributed by atoms with Gasteiger partial charge in [0, 0.05) is 30.9 Å². The predicted octanol–water partition coefficient (Wildman–Crippen LogP) is 1.93. The summed E-state index contributed by atoms with van der Waals surface area (Å²) in [7, 11) is 1.87. The molecule has 6 nitrogen and oxygen atoms in total. The lowest BCUT2D eigenvalue weighted by molar-refractivity contribution is -0.131. The molecule has 0 saturated carbocycles. The van der Waals surface area contributed by atoms with E-state index in [1.807, 2.05) is 25.8 Å². The Hall–Kier alpha value is -1.98. The molecule has 1 amide bonds. The third kappa shape index (κ3) is 3.04. The van der Waals surface area contributed by atoms with Gasteiger partial charge in [0.05, 0.1) is 0 Å². The molecule has 1 atom stereocenters. The Labute approximate surface area is 125 Å². The molecule has 0 aliphatic heterocycles. The maximum absolute atomic E-state index is 12.2. The Morgan fingerprint density at radius 1 is 1.43 bits per heavy atom. The van der Waals surface area contributed by atoms with Crippen LogP contribution in [0, 0.1) is 13.8 Å². The van der Waals surface area contributed by atoms with Gasteiger partial charge in [-0.1, -0.05) is 6.92 Å². The predicted molar refractivity (Wildman–Crippen MR) is 81.1 cm³/mol. The van der Waals surface area contributed by atoms with E-state index in [0.29, 0.717) is 18.6 Å². The first-order chi connectivity index (χ1) is 9.95. The molecule has 2 aromatic rings. The van der Waals surface area contributed by atoms with Crippen LogP contribution in [0.1, 0.15) is 43.6 Å². The van der Waals surface area contributed by atoms with Gasteiger partial charge in [-0.2, -0.15) is 10.1 Å². The van der Waals surface area contributed by atoms with Crippen molar-refractivity contribution in [1.82, 2.24) is 24.5 Å². The van der Waals surface area contributed by atoms with E-state index < -0.39 is 0 Å². The molecule has 0 aliphatic rings. The second-order valence-corrected chi connectivity index (χ2v) is 5.49. The van der Waals surface area contributed by atoms with Crippen LogP contribution in [0.2, 0.25) is 0 Å². The van der Waals surface area contributed by atoms with Gasteiger partial charge in [0.25, 0.3) is 5.78 Å². The average Bonchev–Trinajstić information content (AvgIpc) is 2.93. The van der Waals surface area contributed by atoms with Gasteiger partial charge in [-0.3, -0.25) is 4.79 Å². The van der Waals surface area contributed by atoms with Crippen molar-refractivity contribution in [3.63, 3.8) is 0 Å². The Kier molecular flexibility index (Phi) is 4.55. The molecule has 6 heteroatoms. The summed E-state index contributed by atoms with van der Waals surface area (Å²) < 4.78 is 1.73. The fourth-order valence-corrected chi connectivity index (χ4v) is 2.45. The summed E-state index contributed by atoms with van der Waals surface area (Å²) >= 11 is 0. The molecule has 0 aromatic carbocycles. The van der Waals surface area contributed by atoms with E-state index in [4.69, 9.17) is 0 Å². The van der Waals surface area contributed by atoms with Crippen LogP contribution in [0.15, 0.2) is 6.33 Å². The number of hydrogen-bond donors (Lipinski definition) is 0. The van der Waals surface area contributed by atoms with Gasteiger partial charge in [-0.05, 0) is 39.2 Å². The zero-order valence-electron chi connectivity index (χ0n) is 13.4. The van der Waals surface area contributed by atoms with E-state index in [1.54, 1.807) is 4.52 Å². The smallest absolute Gasteiger partial charge is 0.252 e. The highest BCUT2D eigenvalue weighted by molar-refractivity contribution is 5.76. The van der Waals surface area contributed by atoms with Crippen LogP contribution in [0.5, 0.6) is 0 Å². The van der Waals surface area contributed by atoms with E-state index in [1.165, 1.54) is 6.33 Å². The van der Waals surface area contributed by atoms with Gasteiger partial charge in [-0.15, -0.1) is 0 Å². The summed E-state index contributed by atoms with van der Waals surface area (Å²) in [4.78, 5) is 22.6. The minimum Gasteiger partial charge on any atom is -0.343 e. The zero-order chi connectivity index (χ0) is 15.6. The lowest BCUT2D eigenvalue weighted by Gasteiger charge is -2.24. The quantitative estimate of drug-likeness (QED) is 0.843. The van der Waals surface area contributed by atoms with Gasteiger partial charge < -0.3 is 4.90 Å². The molecule has 1 unspecified atom stereocenters. The maximum Gasteiger partial charge on any atom is 0.252 e. The molecule has 2 rings (SSSR count). The van der Waals surface area contributed by atoms with Crippen molar-refractivity contribution in [1.29, 1.82) is 0 Å². The third-order valence-electron chi connectivity index (χ3n) is 4.22. The summed E-state index contributed by atoms with van der Waals surface area (Å²) in [5.41, 5.74) is 3.01. The summed E-state index contributed by atoms with van der Waals surface area (Å²) in [6.07, 6.45) is 3.64. The van der Waals surface area contributed by atoms with Crippen LogP contribution in [-0.2, 0) is 11.2 Å². The van der Waals surface area contributed by atoms with Crippen molar-refractivity contribution < 1.29 is 4.79 Å². The van der Waals surface area contributed by atoms with E-state index >= 15 is 0 Å². The topological polar surface area (TPSA) is 63.4 Å². The maximum atomic E-state index is 12.2. The monoisotopic (exact) mass is 289 g/mol. The molecule has 2 heterocycles. The van der Waals surface area contributed by atoms with Gasteiger partial charge in [0.2, 0.25) is 5.91 Å². The number of carbonyl (C=O) groups excluding carboxylic acids is 1. The van der Waals surface area contributed by atoms with Crippen molar-refractivity contribution in [2.24, 2.45) is 0 Å². The first-order valence-electron chi connectivity index (χ1n) is 7.37. The molecule has 0 saturated heterocycles. The number of fused-ring (bicyclic) bond motifs is 1. The number of rotatable bonds is 5. The fraction of sp³-hybridized carbons (Fsp3) is 0.600. The van der Waals surface area contributed by atoms with Gasteiger partial charge >= 0.3 is 0 Å². The average molecular weight is 289 g/mol. The highest BCUT2D eigenvalue weighted by Gasteiger charge is 2.16. The lowest BCUT2D eigenvalue weighted by atomic mass is 10.1. The van der Waals surface area contributed by atoms with Crippen LogP contribution in [0.25, 0.3) is 5.78 Å². The third-order valence-corrected chi connectivity index (χ3v) is 4.22. The zero-order valence-corrected chi connectivity index (χ0v) is 13.4. The molecule has 0 aliphatic carbocycles. The molecule has 0 fully saturated rings. The number of nitrogens with zero attached hydrogens (tertiary/aromatic N) is 5. The first-order valence-corrected chi connectivity index (χ1v) is 7.37. The second-order valence-electron chi connectivity index (χ2n) is 5.49. The molecule has 0 N–H and O–H groups in total. The van der Waals surface area contributed by atoms with Crippen molar-refractivity contribution in [3.8, 4) is 0 Å². The molecule has 0 bridgehead atoms. The lowest BCUT2D eigenvalue weighted by Crippen LogP contribution is -2.34. The van der Waals surface area contributed by atoms with Gasteiger partial charge in [0.1, 0.15) is 6.33 Å². The van der Waals surface area contributed by atoms with Gasteiger partial charge in [-0.25, -0.2) is 9.50 Å². The number of amides is 1. The van der Waals surface area contributed by atoms with Crippen molar-refractivity contribution in [2.45, 2.75) is 53.0 Å². The Bertz CT molecular complexity index is 649. The number of aromatic nitrogens is 4. The minimum atomic E-state index is 0.168. The standard InChI is InChI=1S/C15H23N5O/c1-6-10(2)19(5)14(21)8-7-13-11(3)18-15-16-9-17-20(15)12(13)4/h9-10H,6-8H2,1-5H3. The SMILES string of the molecule is CCC(C)N(C)C(=O)CCc1c(C)nc2ncnn2c1C. The molecule has 114 valence electrons. The molecule has 2 aromatic heterocycles. The summed E-state index contributed by atoms with van der Waals surface area (Å²) in [6.45, 7) is 8.11. The van der Waals surface area contributed by atoms with E-state index in [2.05, 4.69) is 28.9 Å². The Morgan fingerprint density at radius 2 is 2.14 bits per heavy atom. The van der Waals surface area contributed by atoms with Crippen LogP contribution in [-0.4, -0.2) is 43.5 Å². The number of aryl methyl sites for hydroxylation is 2. The van der Waals surface area contributed by atoms with Crippen molar-refractivity contribution in [3.05, 3.63) is 23.3 Å². The summed E-state index contributed by atoms with van der Waals surface area (Å²) in [5, 5.41) is 4.17. The van der Waals surface area contributed by atoms with Crippen LogP contribution >= 0.6 is 0 Å². The molecular weight excluding hydrogens is 266 g/mol. The molecule has 0 spiro atoms. The Balaban J connectivity index is 2.15. The van der Waals surface area contributed by atoms with E-state index in [9.17, 15) is 4.79 Å². The normalized spacial score (nSPS) is 12.6. The molecule has 21 heavy (non-hydrogen) atoms. The second kappa shape index (κ2) is 6.20. The molecule has 0 radical (unpaired) electrons. The highest BCUT2D eigenvalue weighted by atomic mass is 16.2. The first kappa shape index (κ1) is 15.4. The highest BCUT2D eigenvalue weighted by Crippen LogP contribution is 2.16. The molecular formula is C15H23N5O. The van der Waals surface area contributed by atoms with Crippen LogP contribution in [0.4, 0.5) is 0 Å². The van der Waals surface area contributed by atoms with Crippen molar-refractivity contribution >= 4 is 11.7 Å². The van der Waals surface area contributed by atoms with Crippen molar-refractivity contribution in [2.75, 3.05) is 7.05 Å². The Morgan fingerprint density at radius 3 is 2.81 bits per heavy atom. The minimum absolute atomic E-state index is 0.168. The van der Waals surface area contributed by atoms with E-state index in [-0.39, 0.29) is 11.9 Å². The van der Waals surface area contributed by atoms with Crippen LogP contribution in [0.3, 0.4) is 0 Å². The number of carbonyl (C=O) groups is 1. The summed E-state index contributed by atoms with van der Waals surface area (Å²) in [6, 6.07) is 0.274. The van der Waals surface area contributed by atoms with Crippen LogP contribution < -0.4 is 0 Å².